The molecule has 2 aliphatic heterocycles. The van der Waals surface area contributed by atoms with E-state index in [0.29, 0.717) is 18.7 Å². The Bertz CT molecular complexity index is 1550. The van der Waals surface area contributed by atoms with Gasteiger partial charge in [-0.15, -0.1) is 0 Å². The lowest BCUT2D eigenvalue weighted by Gasteiger charge is -2.59. The van der Waals surface area contributed by atoms with Gasteiger partial charge in [0.15, 0.2) is 0 Å². The summed E-state index contributed by atoms with van der Waals surface area (Å²) in [4.78, 5) is 40.5. The average molecular weight is 628 g/mol. The van der Waals surface area contributed by atoms with Crippen LogP contribution in [0.25, 0.3) is 0 Å². The maximum absolute atomic E-state index is 13.8. The van der Waals surface area contributed by atoms with Gasteiger partial charge in [0.05, 0.1) is 15.8 Å². The SMILES string of the molecule is CC1N[C@H](C)C(C)(C(=O)O)C(c2cccc([N+](=O)[O-])c2)C1(CC(C)(C)N1CCC(c2ccccc2)(c2ccccc2)CC1)C(=O)O. The van der Waals surface area contributed by atoms with Gasteiger partial charge in [-0.2, -0.15) is 0 Å². The van der Waals surface area contributed by atoms with Crippen LogP contribution in [0.15, 0.2) is 84.9 Å². The molecule has 0 spiro atoms. The summed E-state index contributed by atoms with van der Waals surface area (Å²) in [6, 6.07) is 25.7. The molecule has 5 rings (SSSR count). The molecule has 0 bridgehead atoms. The van der Waals surface area contributed by atoms with Crippen molar-refractivity contribution in [3.63, 3.8) is 0 Å². The number of nitrogens with zero attached hydrogens (tertiary/aromatic N) is 2. The first-order valence-electron chi connectivity index (χ1n) is 16.0. The van der Waals surface area contributed by atoms with Crippen LogP contribution in [-0.2, 0) is 15.0 Å². The Labute approximate surface area is 270 Å². The van der Waals surface area contributed by atoms with E-state index >= 15 is 0 Å². The Kier molecular flexibility index (Phi) is 8.87. The summed E-state index contributed by atoms with van der Waals surface area (Å²) in [5, 5.41) is 37.1. The third-order valence-electron chi connectivity index (χ3n) is 11.4. The van der Waals surface area contributed by atoms with Gasteiger partial charge in [0, 0.05) is 41.1 Å². The van der Waals surface area contributed by atoms with E-state index in [-0.39, 0.29) is 17.5 Å². The van der Waals surface area contributed by atoms with Crippen molar-refractivity contribution in [2.24, 2.45) is 10.8 Å². The fourth-order valence-electron chi connectivity index (χ4n) is 8.72. The molecular weight excluding hydrogens is 582 g/mol. The smallest absolute Gasteiger partial charge is 0.311 e. The second-order valence-corrected chi connectivity index (χ2v) is 14.1. The number of nitro groups is 1. The molecule has 2 aliphatic rings. The molecule has 0 aliphatic carbocycles. The first-order valence-corrected chi connectivity index (χ1v) is 16.0. The summed E-state index contributed by atoms with van der Waals surface area (Å²) >= 11 is 0. The van der Waals surface area contributed by atoms with Crippen molar-refractivity contribution in [3.8, 4) is 0 Å². The van der Waals surface area contributed by atoms with Crippen molar-refractivity contribution in [2.45, 2.75) is 82.8 Å². The highest BCUT2D eigenvalue weighted by molar-refractivity contribution is 5.84. The maximum Gasteiger partial charge on any atom is 0.311 e. The molecule has 0 amide bonds. The number of likely N-dealkylation sites (tertiary alicyclic amines) is 1. The molecule has 46 heavy (non-hydrogen) atoms. The van der Waals surface area contributed by atoms with Crippen molar-refractivity contribution in [2.75, 3.05) is 13.1 Å². The van der Waals surface area contributed by atoms with Crippen LogP contribution in [0.2, 0.25) is 0 Å². The molecule has 9 nitrogen and oxygen atoms in total. The third kappa shape index (κ3) is 5.39. The molecule has 0 saturated carbocycles. The van der Waals surface area contributed by atoms with Crippen molar-refractivity contribution in [3.05, 3.63) is 112 Å². The molecule has 5 atom stereocenters. The Morgan fingerprint density at radius 3 is 1.91 bits per heavy atom. The number of nitro benzene ring substituents is 1. The standard InChI is InChI=1S/C37H45N3O6/c1-25-35(5,32(41)42)31(27-13-12-18-30(23-27)40(45)46)37(33(43)44,26(2)38-25)24-34(3,4)39-21-19-36(20-22-39,28-14-8-6-9-15-28)29-16-10-7-11-17-29/h6-18,23,25-26,31,38H,19-22,24H2,1-5H3,(H,41,42)(H,43,44)/t25-,26?,31?,35?,37?/m1/s1. The Hall–Kier alpha value is -4.08. The monoisotopic (exact) mass is 627 g/mol. The van der Waals surface area contributed by atoms with E-state index in [2.05, 4.69) is 58.7 Å². The van der Waals surface area contributed by atoms with E-state index < -0.39 is 51.2 Å². The summed E-state index contributed by atoms with van der Waals surface area (Å²) in [5.74, 6) is -3.32. The number of nitrogens with one attached hydrogen (secondary N) is 1. The molecule has 3 N–H and O–H groups in total. The summed E-state index contributed by atoms with van der Waals surface area (Å²) in [7, 11) is 0. The van der Waals surface area contributed by atoms with Gasteiger partial charge in [0.2, 0.25) is 0 Å². The van der Waals surface area contributed by atoms with E-state index in [9.17, 15) is 29.9 Å². The molecule has 2 heterocycles. The summed E-state index contributed by atoms with van der Waals surface area (Å²) < 4.78 is 0. The quantitative estimate of drug-likeness (QED) is 0.182. The number of carbonyl (C=O) groups is 2. The number of hydrogen-bond acceptors (Lipinski definition) is 6. The number of benzene rings is 3. The van der Waals surface area contributed by atoms with Crippen LogP contribution in [0.4, 0.5) is 5.69 Å². The molecule has 3 aromatic carbocycles. The number of aliphatic carboxylic acids is 2. The Morgan fingerprint density at radius 1 is 0.891 bits per heavy atom. The molecule has 3 aromatic rings. The van der Waals surface area contributed by atoms with Crippen LogP contribution in [0.1, 0.15) is 76.5 Å². The minimum Gasteiger partial charge on any atom is -0.481 e. The highest BCUT2D eigenvalue weighted by atomic mass is 16.6. The highest BCUT2D eigenvalue weighted by Crippen LogP contribution is 2.59. The number of non-ortho nitro benzene ring substituents is 1. The van der Waals surface area contributed by atoms with Crippen molar-refractivity contribution in [1.29, 1.82) is 0 Å². The lowest BCUT2D eigenvalue weighted by Crippen LogP contribution is -2.70. The van der Waals surface area contributed by atoms with E-state index in [1.165, 1.54) is 29.3 Å². The van der Waals surface area contributed by atoms with Crippen molar-refractivity contribution >= 4 is 17.6 Å². The minimum atomic E-state index is -1.61. The topological polar surface area (TPSA) is 133 Å². The van der Waals surface area contributed by atoms with Crippen LogP contribution < -0.4 is 5.32 Å². The van der Waals surface area contributed by atoms with Gasteiger partial charge in [0.25, 0.3) is 5.69 Å². The maximum atomic E-state index is 13.8. The van der Waals surface area contributed by atoms with Gasteiger partial charge in [-0.25, -0.2) is 0 Å². The lowest BCUT2D eigenvalue weighted by atomic mass is 9.50. The normalized spacial score (nSPS) is 28.3. The first kappa shape index (κ1) is 33.3. The van der Waals surface area contributed by atoms with E-state index in [1.807, 2.05) is 26.0 Å². The van der Waals surface area contributed by atoms with E-state index in [4.69, 9.17) is 0 Å². The number of carboxylic acids is 2. The molecule has 0 radical (unpaired) electrons. The number of carboxylic acid groups (broad SMARTS) is 2. The molecule has 4 unspecified atom stereocenters. The highest BCUT2D eigenvalue weighted by Gasteiger charge is 2.66. The molecule has 244 valence electrons. The summed E-state index contributed by atoms with van der Waals surface area (Å²) in [6.07, 6.45) is 1.79. The molecular formula is C37H45N3O6. The van der Waals surface area contributed by atoms with Crippen LogP contribution in [0, 0.1) is 20.9 Å². The van der Waals surface area contributed by atoms with Gasteiger partial charge in [-0.05, 0) is 83.7 Å². The average Bonchev–Trinajstić information content (AvgIpc) is 3.04. The van der Waals surface area contributed by atoms with Crippen molar-refractivity contribution in [1.82, 2.24) is 10.2 Å². The predicted octanol–water partition coefficient (Wildman–Crippen LogP) is 6.47. The fraction of sp³-hybridized carbons (Fsp3) is 0.459. The van der Waals surface area contributed by atoms with Crippen molar-refractivity contribution < 1.29 is 24.7 Å². The zero-order valence-electron chi connectivity index (χ0n) is 27.3. The summed E-state index contributed by atoms with van der Waals surface area (Å²) in [5.41, 5.74) is -1.38. The van der Waals surface area contributed by atoms with Gasteiger partial charge >= 0.3 is 11.9 Å². The van der Waals surface area contributed by atoms with Crippen LogP contribution in [-0.4, -0.2) is 62.7 Å². The summed E-state index contributed by atoms with van der Waals surface area (Å²) in [6.45, 7) is 10.6. The molecule has 0 aromatic heterocycles. The second kappa shape index (κ2) is 12.3. The molecule has 9 heteroatoms. The minimum absolute atomic E-state index is 0.135. The molecule has 2 saturated heterocycles. The van der Waals surface area contributed by atoms with Gasteiger partial charge in [-0.1, -0.05) is 72.8 Å². The first-order chi connectivity index (χ1) is 21.7. The van der Waals surface area contributed by atoms with Crippen LogP contribution in [0.5, 0.6) is 0 Å². The number of hydrogen-bond donors (Lipinski definition) is 3. The van der Waals surface area contributed by atoms with Gasteiger partial charge < -0.3 is 15.5 Å². The Morgan fingerprint density at radius 2 is 1.43 bits per heavy atom. The van der Waals surface area contributed by atoms with Gasteiger partial charge in [0.1, 0.15) is 0 Å². The van der Waals surface area contributed by atoms with Crippen LogP contribution in [0.3, 0.4) is 0 Å². The Balaban J connectivity index is 1.57. The molecule has 2 fully saturated rings. The zero-order valence-corrected chi connectivity index (χ0v) is 27.3. The van der Waals surface area contributed by atoms with Crippen LogP contribution >= 0.6 is 0 Å². The third-order valence-corrected chi connectivity index (χ3v) is 11.4. The fourth-order valence-corrected chi connectivity index (χ4v) is 8.72. The number of piperidine rings is 2. The number of rotatable bonds is 9. The van der Waals surface area contributed by atoms with Gasteiger partial charge in [-0.3, -0.25) is 24.6 Å². The lowest BCUT2D eigenvalue weighted by molar-refractivity contribution is -0.385. The largest absolute Gasteiger partial charge is 0.481 e. The van der Waals surface area contributed by atoms with E-state index in [1.54, 1.807) is 26.8 Å². The van der Waals surface area contributed by atoms with E-state index in [0.717, 1.165) is 12.8 Å². The second-order valence-electron chi connectivity index (χ2n) is 14.1. The predicted molar refractivity (Wildman–Crippen MR) is 177 cm³/mol. The zero-order chi connectivity index (χ0) is 33.5.